The van der Waals surface area contributed by atoms with Crippen molar-refractivity contribution in [2.24, 2.45) is 4.99 Å². The van der Waals surface area contributed by atoms with Crippen LogP contribution in [-0.4, -0.2) is 41.4 Å². The number of piperazine rings is 1. The van der Waals surface area contributed by atoms with Crippen LogP contribution in [0.15, 0.2) is 77.8 Å². The van der Waals surface area contributed by atoms with E-state index in [2.05, 4.69) is 15.6 Å². The molecule has 3 aromatic carbocycles. The van der Waals surface area contributed by atoms with Gasteiger partial charge < -0.3 is 20.4 Å². The average molecular weight is 507 g/mol. The van der Waals surface area contributed by atoms with E-state index in [1.165, 1.54) is 0 Å². The first-order chi connectivity index (χ1) is 16.9. The highest BCUT2D eigenvalue weighted by Gasteiger charge is 2.33. The molecule has 0 saturated carbocycles. The first kappa shape index (κ1) is 24.4. The smallest absolute Gasteiger partial charge is 0.322 e. The number of carbonyl (C=O) groups is 1. The van der Waals surface area contributed by atoms with Gasteiger partial charge in [-0.15, -0.1) is 4.99 Å². The molecular weight excluding hydrogens is 483 g/mol. The van der Waals surface area contributed by atoms with Gasteiger partial charge in [0.25, 0.3) is 0 Å². The van der Waals surface area contributed by atoms with Crippen molar-refractivity contribution in [1.29, 1.82) is 5.26 Å². The Bertz CT molecular complexity index is 1250. The Hall–Kier alpha value is -3.73. The minimum Gasteiger partial charge on any atom is -0.338 e. The molecule has 35 heavy (non-hydrogen) atoms. The summed E-state index contributed by atoms with van der Waals surface area (Å²) in [6, 6.07) is 22.0. The number of anilines is 2. The largest absolute Gasteiger partial charge is 0.338 e. The van der Waals surface area contributed by atoms with Crippen LogP contribution >= 0.6 is 23.2 Å². The highest BCUT2D eigenvalue weighted by molar-refractivity contribution is 6.35. The van der Waals surface area contributed by atoms with Crippen LogP contribution in [0.1, 0.15) is 17.2 Å². The van der Waals surface area contributed by atoms with Crippen LogP contribution in [0.25, 0.3) is 0 Å². The van der Waals surface area contributed by atoms with E-state index in [9.17, 15) is 10.1 Å². The molecule has 3 aromatic rings. The molecule has 1 fully saturated rings. The van der Waals surface area contributed by atoms with Crippen LogP contribution in [0.5, 0.6) is 0 Å². The Balaban J connectivity index is 1.59. The predicted molar refractivity (Wildman–Crippen MR) is 141 cm³/mol. The number of para-hydroxylation sites is 1. The van der Waals surface area contributed by atoms with Gasteiger partial charge in [0.15, 0.2) is 0 Å². The van der Waals surface area contributed by atoms with Crippen molar-refractivity contribution in [3.63, 3.8) is 0 Å². The first-order valence-electron chi connectivity index (χ1n) is 11.1. The molecule has 1 aliphatic rings. The molecule has 2 N–H and O–H groups in total. The highest BCUT2D eigenvalue weighted by atomic mass is 35.5. The standard InChI is InChI=1S/C26H24Cl2N6O/c1-18-7-5-6-10-23(18)32-25(30-17-29)33-11-12-34(24(16-33)19-8-3-2-4-9-19)26(35)31-22-14-20(27)13-21(28)15-22/h2-10,13-15,24H,11-12,16H2,1H3,(H,30,32)(H,31,35). The molecule has 1 saturated heterocycles. The number of nitrogens with one attached hydrogen (secondary N) is 2. The molecule has 0 radical (unpaired) electrons. The number of hydrogen-bond donors (Lipinski definition) is 2. The zero-order chi connectivity index (χ0) is 24.8. The Labute approximate surface area is 214 Å². The van der Waals surface area contributed by atoms with E-state index in [1.54, 1.807) is 23.1 Å². The summed E-state index contributed by atoms with van der Waals surface area (Å²) in [5.74, 6) is 0.449. The Morgan fingerprint density at radius 1 is 1.00 bits per heavy atom. The van der Waals surface area contributed by atoms with Crippen molar-refractivity contribution < 1.29 is 4.79 Å². The molecule has 0 spiro atoms. The maximum atomic E-state index is 13.3. The molecule has 9 heteroatoms. The van der Waals surface area contributed by atoms with Gasteiger partial charge in [-0.05, 0) is 42.3 Å². The SMILES string of the molecule is Cc1ccccc1N/C(=N/C#N)N1CCN(C(=O)Nc2cc(Cl)cc(Cl)c2)C(c2ccccc2)C1. The van der Waals surface area contributed by atoms with Crippen LogP contribution in [0.3, 0.4) is 0 Å². The van der Waals surface area contributed by atoms with E-state index in [0.717, 1.165) is 16.8 Å². The summed E-state index contributed by atoms with van der Waals surface area (Å²) in [6.45, 7) is 3.35. The minimum atomic E-state index is -0.276. The lowest BCUT2D eigenvalue weighted by molar-refractivity contribution is 0.136. The van der Waals surface area contributed by atoms with Crippen LogP contribution in [0, 0.1) is 18.4 Å². The van der Waals surface area contributed by atoms with Gasteiger partial charge in [0.1, 0.15) is 0 Å². The second-order valence-corrected chi connectivity index (χ2v) is 9.00. The minimum absolute atomic E-state index is 0.262. The van der Waals surface area contributed by atoms with Crippen molar-refractivity contribution in [3.05, 3.63) is 94.0 Å². The third-order valence-corrected chi connectivity index (χ3v) is 6.22. The van der Waals surface area contributed by atoms with E-state index >= 15 is 0 Å². The van der Waals surface area contributed by atoms with Gasteiger partial charge in [-0.25, -0.2) is 4.79 Å². The van der Waals surface area contributed by atoms with E-state index in [0.29, 0.717) is 41.3 Å². The van der Waals surface area contributed by atoms with Crippen LogP contribution in [-0.2, 0) is 0 Å². The molecule has 4 rings (SSSR count). The van der Waals surface area contributed by atoms with Gasteiger partial charge in [0.2, 0.25) is 12.2 Å². The van der Waals surface area contributed by atoms with Gasteiger partial charge in [0, 0.05) is 41.1 Å². The molecule has 1 heterocycles. The first-order valence-corrected chi connectivity index (χ1v) is 11.8. The summed E-state index contributed by atoms with van der Waals surface area (Å²) < 4.78 is 0. The maximum Gasteiger partial charge on any atom is 0.322 e. The fraction of sp³-hybridized carbons (Fsp3) is 0.192. The van der Waals surface area contributed by atoms with Crippen molar-refractivity contribution in [1.82, 2.24) is 9.80 Å². The lowest BCUT2D eigenvalue weighted by atomic mass is 10.0. The predicted octanol–water partition coefficient (Wildman–Crippen LogP) is 6.14. The van der Waals surface area contributed by atoms with Gasteiger partial charge in [-0.3, -0.25) is 0 Å². The van der Waals surface area contributed by atoms with Gasteiger partial charge in [-0.1, -0.05) is 71.7 Å². The lowest BCUT2D eigenvalue weighted by Crippen LogP contribution is -2.54. The van der Waals surface area contributed by atoms with Gasteiger partial charge >= 0.3 is 6.03 Å². The van der Waals surface area contributed by atoms with E-state index in [4.69, 9.17) is 23.2 Å². The van der Waals surface area contributed by atoms with E-state index in [1.807, 2.05) is 72.6 Å². The number of halogens is 2. The van der Waals surface area contributed by atoms with Crippen LogP contribution in [0.4, 0.5) is 16.2 Å². The second kappa shape index (κ2) is 11.1. The quantitative estimate of drug-likeness (QED) is 0.253. The molecule has 2 amide bonds. The van der Waals surface area contributed by atoms with Gasteiger partial charge in [-0.2, -0.15) is 5.26 Å². The number of rotatable bonds is 3. The summed E-state index contributed by atoms with van der Waals surface area (Å²) in [5.41, 5.74) is 3.41. The van der Waals surface area contributed by atoms with Gasteiger partial charge in [0.05, 0.1) is 6.04 Å². The summed E-state index contributed by atoms with van der Waals surface area (Å²) >= 11 is 12.2. The lowest BCUT2D eigenvalue weighted by Gasteiger charge is -2.42. The number of nitrogens with zero attached hydrogens (tertiary/aromatic N) is 4. The van der Waals surface area contributed by atoms with E-state index in [-0.39, 0.29) is 12.1 Å². The highest BCUT2D eigenvalue weighted by Crippen LogP contribution is 2.28. The number of hydrogen-bond acceptors (Lipinski definition) is 3. The molecule has 1 aliphatic heterocycles. The van der Waals surface area contributed by atoms with Crippen molar-refractivity contribution >= 4 is 46.6 Å². The number of nitriles is 1. The molecule has 1 unspecified atom stereocenters. The molecule has 7 nitrogen and oxygen atoms in total. The number of aryl methyl sites for hydroxylation is 1. The molecule has 0 bridgehead atoms. The molecular formula is C26H24Cl2N6O. The Morgan fingerprint density at radius 3 is 2.37 bits per heavy atom. The third-order valence-electron chi connectivity index (χ3n) is 5.79. The second-order valence-electron chi connectivity index (χ2n) is 8.13. The van der Waals surface area contributed by atoms with Crippen LogP contribution < -0.4 is 10.6 Å². The molecule has 1 atom stereocenters. The number of amides is 2. The van der Waals surface area contributed by atoms with Crippen molar-refractivity contribution in [2.45, 2.75) is 13.0 Å². The Kier molecular flexibility index (Phi) is 7.76. The topological polar surface area (TPSA) is 83.8 Å². The number of carbonyl (C=O) groups excluding carboxylic acids is 1. The molecule has 0 aliphatic carbocycles. The summed E-state index contributed by atoms with van der Waals surface area (Å²) in [7, 11) is 0. The maximum absolute atomic E-state index is 13.3. The van der Waals surface area contributed by atoms with E-state index < -0.39 is 0 Å². The fourth-order valence-corrected chi connectivity index (χ4v) is 4.58. The normalized spacial score (nSPS) is 15.9. The Morgan fingerprint density at radius 2 is 1.69 bits per heavy atom. The molecule has 178 valence electrons. The van der Waals surface area contributed by atoms with Crippen molar-refractivity contribution in [3.8, 4) is 6.19 Å². The fourth-order valence-electron chi connectivity index (χ4n) is 4.06. The number of benzene rings is 3. The number of guanidine groups is 1. The summed E-state index contributed by atoms with van der Waals surface area (Å²) in [4.78, 5) is 21.2. The monoisotopic (exact) mass is 506 g/mol. The zero-order valence-corrected chi connectivity index (χ0v) is 20.6. The number of urea groups is 1. The summed E-state index contributed by atoms with van der Waals surface area (Å²) in [5, 5.41) is 16.4. The third kappa shape index (κ3) is 6.04. The van der Waals surface area contributed by atoms with Crippen molar-refractivity contribution in [2.75, 3.05) is 30.3 Å². The summed E-state index contributed by atoms with van der Waals surface area (Å²) in [6.07, 6.45) is 1.90. The number of aliphatic imine (C=N–C) groups is 1. The molecule has 0 aromatic heterocycles. The average Bonchev–Trinajstić information content (AvgIpc) is 2.84. The van der Waals surface area contributed by atoms with Crippen LogP contribution in [0.2, 0.25) is 10.0 Å². The zero-order valence-electron chi connectivity index (χ0n) is 19.1.